The molecule has 0 saturated heterocycles. The van der Waals surface area contributed by atoms with Gasteiger partial charge >= 0.3 is 0 Å². The molecule has 0 radical (unpaired) electrons. The summed E-state index contributed by atoms with van der Waals surface area (Å²) >= 11 is 0. The molecule has 0 amide bonds. The number of anilines is 3. The fraction of sp³-hybridized carbons (Fsp3) is 0.154. The van der Waals surface area contributed by atoms with Crippen molar-refractivity contribution in [1.29, 1.82) is 0 Å². The first kappa shape index (κ1) is 10.5. The van der Waals surface area contributed by atoms with Crippen molar-refractivity contribution in [2.75, 3.05) is 24.3 Å². The van der Waals surface area contributed by atoms with Crippen LogP contribution < -0.4 is 10.2 Å². The zero-order valence-corrected chi connectivity index (χ0v) is 9.51. The lowest BCUT2D eigenvalue weighted by atomic mass is 10.2. The average molecular weight is 213 g/mol. The molecule has 0 fully saturated rings. The average Bonchev–Trinajstić information content (AvgIpc) is 2.39. The van der Waals surface area contributed by atoms with Crippen molar-refractivity contribution in [2.24, 2.45) is 0 Å². The van der Waals surface area contributed by atoms with Crippen molar-refractivity contribution < 1.29 is 0 Å². The highest BCUT2D eigenvalue weighted by atomic mass is 15.2. The second-order valence-electron chi connectivity index (χ2n) is 3.51. The maximum Gasteiger partial charge on any atom is 0.132 e. The van der Waals surface area contributed by atoms with Crippen molar-refractivity contribution in [2.45, 2.75) is 0 Å². The molecule has 0 aliphatic rings. The summed E-state index contributed by atoms with van der Waals surface area (Å²) in [6, 6.07) is 14.1. The van der Waals surface area contributed by atoms with Crippen molar-refractivity contribution >= 4 is 17.2 Å². The molecule has 82 valence electrons. The van der Waals surface area contributed by atoms with E-state index < -0.39 is 0 Å². The number of benzene rings is 1. The number of hydrogen-bond acceptors (Lipinski definition) is 3. The SMILES string of the molecule is CNc1ccccc1N(C)c1ccccn1. The van der Waals surface area contributed by atoms with Crippen LogP contribution in [0.25, 0.3) is 0 Å². The Morgan fingerprint density at radius 3 is 2.50 bits per heavy atom. The highest BCUT2D eigenvalue weighted by molar-refractivity contribution is 5.74. The third-order valence-corrected chi connectivity index (χ3v) is 2.53. The van der Waals surface area contributed by atoms with Crippen LogP contribution in [0.1, 0.15) is 0 Å². The quantitative estimate of drug-likeness (QED) is 0.849. The molecule has 0 aliphatic heterocycles. The van der Waals surface area contributed by atoms with E-state index in [1.807, 2.05) is 44.4 Å². The first-order valence-electron chi connectivity index (χ1n) is 5.24. The summed E-state index contributed by atoms with van der Waals surface area (Å²) in [5.74, 6) is 0.935. The lowest BCUT2D eigenvalue weighted by Crippen LogP contribution is -2.12. The number of nitrogens with one attached hydrogen (secondary N) is 1. The van der Waals surface area contributed by atoms with Gasteiger partial charge in [0.15, 0.2) is 0 Å². The monoisotopic (exact) mass is 213 g/mol. The minimum absolute atomic E-state index is 0.935. The molecule has 3 heteroatoms. The van der Waals surface area contributed by atoms with Crippen LogP contribution in [0, 0.1) is 0 Å². The number of rotatable bonds is 3. The van der Waals surface area contributed by atoms with Crippen LogP contribution in [-0.2, 0) is 0 Å². The van der Waals surface area contributed by atoms with Gasteiger partial charge in [-0.25, -0.2) is 4.98 Å². The van der Waals surface area contributed by atoms with Gasteiger partial charge in [-0.15, -0.1) is 0 Å². The van der Waals surface area contributed by atoms with E-state index in [1.54, 1.807) is 6.20 Å². The number of pyridine rings is 1. The lowest BCUT2D eigenvalue weighted by molar-refractivity contribution is 1.13. The molecule has 1 aromatic carbocycles. The van der Waals surface area contributed by atoms with Gasteiger partial charge in [0.05, 0.1) is 11.4 Å². The predicted octanol–water partition coefficient (Wildman–Crippen LogP) is 2.89. The third-order valence-electron chi connectivity index (χ3n) is 2.53. The van der Waals surface area contributed by atoms with Crippen LogP contribution in [-0.4, -0.2) is 19.1 Å². The third kappa shape index (κ3) is 1.98. The zero-order valence-electron chi connectivity index (χ0n) is 9.51. The van der Waals surface area contributed by atoms with E-state index >= 15 is 0 Å². The molecule has 2 aromatic rings. The van der Waals surface area contributed by atoms with Crippen LogP contribution in [0.2, 0.25) is 0 Å². The number of nitrogens with zero attached hydrogens (tertiary/aromatic N) is 2. The Hall–Kier alpha value is -2.03. The summed E-state index contributed by atoms with van der Waals surface area (Å²) in [5, 5.41) is 3.18. The summed E-state index contributed by atoms with van der Waals surface area (Å²) in [6.45, 7) is 0. The fourth-order valence-electron chi connectivity index (χ4n) is 1.65. The molecule has 1 heterocycles. The molecule has 0 spiro atoms. The van der Waals surface area contributed by atoms with Crippen LogP contribution in [0.4, 0.5) is 17.2 Å². The fourth-order valence-corrected chi connectivity index (χ4v) is 1.65. The van der Waals surface area contributed by atoms with Crippen molar-refractivity contribution in [3.63, 3.8) is 0 Å². The maximum absolute atomic E-state index is 4.33. The first-order chi connectivity index (χ1) is 7.83. The summed E-state index contributed by atoms with van der Waals surface area (Å²) in [6.07, 6.45) is 1.80. The summed E-state index contributed by atoms with van der Waals surface area (Å²) in [5.41, 5.74) is 2.21. The van der Waals surface area contributed by atoms with E-state index in [0.717, 1.165) is 17.2 Å². The minimum atomic E-state index is 0.935. The van der Waals surface area contributed by atoms with E-state index in [1.165, 1.54) is 0 Å². The first-order valence-corrected chi connectivity index (χ1v) is 5.24. The Bertz CT molecular complexity index is 454. The molecule has 0 atom stereocenters. The Kier molecular flexibility index (Phi) is 3.05. The van der Waals surface area contributed by atoms with Gasteiger partial charge in [0, 0.05) is 20.3 Å². The van der Waals surface area contributed by atoms with Gasteiger partial charge in [0.1, 0.15) is 5.82 Å². The van der Waals surface area contributed by atoms with Crippen LogP contribution in [0.5, 0.6) is 0 Å². The molecule has 2 rings (SSSR count). The topological polar surface area (TPSA) is 28.2 Å². The van der Waals surface area contributed by atoms with Gasteiger partial charge in [-0.1, -0.05) is 18.2 Å². The molecule has 0 unspecified atom stereocenters. The highest BCUT2D eigenvalue weighted by Gasteiger charge is 2.07. The molecule has 0 aliphatic carbocycles. The molecular weight excluding hydrogens is 198 g/mol. The molecule has 0 saturated carbocycles. The van der Waals surface area contributed by atoms with Gasteiger partial charge in [0.25, 0.3) is 0 Å². The molecule has 16 heavy (non-hydrogen) atoms. The van der Waals surface area contributed by atoms with Crippen LogP contribution in [0.3, 0.4) is 0 Å². The lowest BCUT2D eigenvalue weighted by Gasteiger charge is -2.21. The van der Waals surface area contributed by atoms with E-state index in [-0.39, 0.29) is 0 Å². The molecule has 0 bridgehead atoms. The Labute approximate surface area is 95.7 Å². The second kappa shape index (κ2) is 4.66. The van der Waals surface area contributed by atoms with E-state index in [0.29, 0.717) is 0 Å². The minimum Gasteiger partial charge on any atom is -0.386 e. The predicted molar refractivity (Wildman–Crippen MR) is 68.3 cm³/mol. The van der Waals surface area contributed by atoms with E-state index in [2.05, 4.69) is 27.3 Å². The molecule has 1 N–H and O–H groups in total. The molecular formula is C13H15N3. The molecule has 3 nitrogen and oxygen atoms in total. The second-order valence-corrected chi connectivity index (χ2v) is 3.51. The van der Waals surface area contributed by atoms with Gasteiger partial charge in [0.2, 0.25) is 0 Å². The number of aromatic nitrogens is 1. The van der Waals surface area contributed by atoms with Crippen molar-refractivity contribution in [3.8, 4) is 0 Å². The van der Waals surface area contributed by atoms with Gasteiger partial charge < -0.3 is 10.2 Å². The van der Waals surface area contributed by atoms with Crippen LogP contribution >= 0.6 is 0 Å². The Morgan fingerprint density at radius 2 is 1.81 bits per heavy atom. The van der Waals surface area contributed by atoms with Crippen molar-refractivity contribution in [1.82, 2.24) is 4.98 Å². The normalized spacial score (nSPS) is 9.88. The Balaban J connectivity index is 2.37. The summed E-state index contributed by atoms with van der Waals surface area (Å²) in [4.78, 5) is 6.39. The standard InChI is InChI=1S/C13H15N3/c1-14-11-7-3-4-8-12(11)16(2)13-9-5-6-10-15-13/h3-10,14H,1-2H3. The summed E-state index contributed by atoms with van der Waals surface area (Å²) in [7, 11) is 3.93. The Morgan fingerprint density at radius 1 is 1.06 bits per heavy atom. The zero-order chi connectivity index (χ0) is 11.4. The van der Waals surface area contributed by atoms with Gasteiger partial charge in [-0.2, -0.15) is 0 Å². The van der Waals surface area contributed by atoms with Crippen LogP contribution in [0.15, 0.2) is 48.7 Å². The van der Waals surface area contributed by atoms with Gasteiger partial charge in [-0.3, -0.25) is 0 Å². The largest absolute Gasteiger partial charge is 0.386 e. The number of hydrogen-bond donors (Lipinski definition) is 1. The smallest absolute Gasteiger partial charge is 0.132 e. The van der Waals surface area contributed by atoms with Crippen molar-refractivity contribution in [3.05, 3.63) is 48.7 Å². The summed E-state index contributed by atoms with van der Waals surface area (Å²) < 4.78 is 0. The van der Waals surface area contributed by atoms with E-state index in [9.17, 15) is 0 Å². The van der Waals surface area contributed by atoms with Gasteiger partial charge in [-0.05, 0) is 24.3 Å². The van der Waals surface area contributed by atoms with E-state index in [4.69, 9.17) is 0 Å². The highest BCUT2D eigenvalue weighted by Crippen LogP contribution is 2.28. The number of para-hydroxylation sites is 2. The molecule has 1 aromatic heterocycles. The maximum atomic E-state index is 4.33.